The topological polar surface area (TPSA) is 28.5 Å². The third kappa shape index (κ3) is 3.67. The van der Waals surface area contributed by atoms with E-state index in [4.69, 9.17) is 0 Å². The number of hydrogen-bond donors (Lipinski definition) is 0. The van der Waals surface area contributed by atoms with Gasteiger partial charge in [0.05, 0.1) is 5.41 Å². The second-order valence-electron chi connectivity index (χ2n) is 6.98. The zero-order valence-electron chi connectivity index (χ0n) is 13.8. The Morgan fingerprint density at radius 2 is 1.67 bits per heavy atom. The molecule has 0 radical (unpaired) electrons. The van der Waals surface area contributed by atoms with Crippen LogP contribution in [0.15, 0.2) is 29.2 Å². The van der Waals surface area contributed by atoms with E-state index in [0.29, 0.717) is 26.1 Å². The summed E-state index contributed by atoms with van der Waals surface area (Å²) in [4.78, 5) is 15.8. The lowest BCUT2D eigenvalue weighted by atomic mass is 9.67. The van der Waals surface area contributed by atoms with Gasteiger partial charge in [-0.25, -0.2) is 0 Å². The first-order valence-corrected chi connectivity index (χ1v) is 8.57. The van der Waals surface area contributed by atoms with Gasteiger partial charge in [-0.15, -0.1) is 0 Å². The molecule has 2 aliphatic rings. The maximum absolute atomic E-state index is 13.3. The molecular weight excluding hydrogens is 319 g/mol. The molecule has 0 bridgehead atoms. The molecule has 0 atom stereocenters. The summed E-state index contributed by atoms with van der Waals surface area (Å²) in [6.07, 6.45) is -1.09. The largest absolute Gasteiger partial charge is 0.395 e. The number of piperazine rings is 1. The van der Waals surface area contributed by atoms with Crippen LogP contribution in [0.3, 0.4) is 0 Å². The molecule has 2 heterocycles. The first kappa shape index (κ1) is 17.5. The summed E-state index contributed by atoms with van der Waals surface area (Å²) in [6, 6.07) is 5.08. The summed E-state index contributed by atoms with van der Waals surface area (Å²) in [5.74, 6) is 0. The fourth-order valence-corrected chi connectivity index (χ4v) is 3.63. The molecule has 0 amide bonds. The van der Waals surface area contributed by atoms with Gasteiger partial charge < -0.3 is 4.57 Å². The maximum Gasteiger partial charge on any atom is 0.395 e. The summed E-state index contributed by atoms with van der Waals surface area (Å²) in [5.41, 5.74) is -1.49. The molecular formula is C17H24F3N3O. The predicted molar refractivity (Wildman–Crippen MR) is 85.9 cm³/mol. The molecule has 134 valence electrons. The van der Waals surface area contributed by atoms with Crippen molar-refractivity contribution in [1.29, 1.82) is 0 Å². The van der Waals surface area contributed by atoms with E-state index in [2.05, 4.69) is 4.90 Å². The number of nitrogens with zero attached hydrogens (tertiary/aromatic N) is 3. The second-order valence-corrected chi connectivity index (χ2v) is 6.98. The van der Waals surface area contributed by atoms with Crippen molar-refractivity contribution in [3.05, 3.63) is 34.7 Å². The van der Waals surface area contributed by atoms with Gasteiger partial charge in [0.25, 0.3) is 5.56 Å². The van der Waals surface area contributed by atoms with Gasteiger partial charge in [0.2, 0.25) is 0 Å². The standard InChI is InChI=1S/C17H24F3N3O/c18-17(19,20)16(5-3-6-16)14-22-10-8-21(9-11-22)12-13-23-7-2-1-4-15(23)24/h1-2,4,7H,3,5-6,8-14H2. The van der Waals surface area contributed by atoms with Crippen LogP contribution in [0.4, 0.5) is 13.2 Å². The Hall–Kier alpha value is -1.34. The van der Waals surface area contributed by atoms with Gasteiger partial charge in [-0.3, -0.25) is 14.6 Å². The molecule has 3 rings (SSSR count). The molecule has 7 heteroatoms. The minimum absolute atomic E-state index is 0.0201. The number of aromatic nitrogens is 1. The third-order valence-electron chi connectivity index (χ3n) is 5.46. The number of rotatable bonds is 5. The van der Waals surface area contributed by atoms with E-state index < -0.39 is 11.6 Å². The maximum atomic E-state index is 13.3. The Morgan fingerprint density at radius 1 is 1.00 bits per heavy atom. The van der Waals surface area contributed by atoms with Crippen molar-refractivity contribution >= 4 is 0 Å². The van der Waals surface area contributed by atoms with Crippen molar-refractivity contribution in [2.45, 2.75) is 32.0 Å². The Balaban J connectivity index is 1.46. The molecule has 24 heavy (non-hydrogen) atoms. The summed E-state index contributed by atoms with van der Waals surface area (Å²) >= 11 is 0. The van der Waals surface area contributed by atoms with E-state index in [0.717, 1.165) is 19.6 Å². The molecule has 4 nitrogen and oxygen atoms in total. The number of alkyl halides is 3. The molecule has 0 unspecified atom stereocenters. The van der Waals surface area contributed by atoms with Crippen molar-refractivity contribution in [2.24, 2.45) is 5.41 Å². The number of halogens is 3. The van der Waals surface area contributed by atoms with Crippen LogP contribution in [0.1, 0.15) is 19.3 Å². The van der Waals surface area contributed by atoms with Crippen LogP contribution in [0.2, 0.25) is 0 Å². The van der Waals surface area contributed by atoms with E-state index in [9.17, 15) is 18.0 Å². The molecule has 1 aromatic rings. The highest BCUT2D eigenvalue weighted by atomic mass is 19.4. The van der Waals surface area contributed by atoms with E-state index in [-0.39, 0.29) is 24.9 Å². The fourth-order valence-electron chi connectivity index (χ4n) is 3.63. The van der Waals surface area contributed by atoms with Crippen LogP contribution in [-0.2, 0) is 6.54 Å². The van der Waals surface area contributed by atoms with Gasteiger partial charge in [0.1, 0.15) is 0 Å². The Kier molecular flexibility index (Phi) is 5.01. The Labute approximate surface area is 139 Å². The van der Waals surface area contributed by atoms with E-state index in [1.54, 1.807) is 16.8 Å². The molecule has 2 fully saturated rings. The predicted octanol–water partition coefficient (Wildman–Crippen LogP) is 2.20. The van der Waals surface area contributed by atoms with E-state index in [1.165, 1.54) is 6.07 Å². The molecule has 1 saturated carbocycles. The van der Waals surface area contributed by atoms with Gasteiger partial charge >= 0.3 is 6.18 Å². The van der Waals surface area contributed by atoms with Crippen molar-refractivity contribution in [3.63, 3.8) is 0 Å². The van der Waals surface area contributed by atoms with Gasteiger partial charge in [-0.1, -0.05) is 12.5 Å². The normalized spacial score (nSPS) is 22.3. The highest BCUT2D eigenvalue weighted by molar-refractivity contribution is 4.97. The average Bonchev–Trinajstić information content (AvgIpc) is 2.50. The van der Waals surface area contributed by atoms with Crippen LogP contribution >= 0.6 is 0 Å². The lowest BCUT2D eigenvalue weighted by Gasteiger charge is -2.47. The summed E-state index contributed by atoms with van der Waals surface area (Å²) < 4.78 is 41.5. The smallest absolute Gasteiger partial charge is 0.314 e. The fraction of sp³-hybridized carbons (Fsp3) is 0.706. The highest BCUT2D eigenvalue weighted by Crippen LogP contribution is 2.53. The van der Waals surface area contributed by atoms with E-state index >= 15 is 0 Å². The van der Waals surface area contributed by atoms with Crippen LogP contribution < -0.4 is 5.56 Å². The van der Waals surface area contributed by atoms with E-state index in [1.807, 2.05) is 11.0 Å². The molecule has 1 aliphatic carbocycles. The summed E-state index contributed by atoms with van der Waals surface area (Å²) in [6.45, 7) is 4.37. The first-order chi connectivity index (χ1) is 11.4. The van der Waals surface area contributed by atoms with Gasteiger partial charge in [0.15, 0.2) is 0 Å². The minimum atomic E-state index is -4.09. The van der Waals surface area contributed by atoms with Crippen molar-refractivity contribution in [3.8, 4) is 0 Å². The van der Waals surface area contributed by atoms with Crippen LogP contribution in [0.25, 0.3) is 0 Å². The second kappa shape index (κ2) is 6.88. The van der Waals surface area contributed by atoms with Gasteiger partial charge in [-0.05, 0) is 18.9 Å². The number of pyridine rings is 1. The molecule has 1 aromatic heterocycles. The van der Waals surface area contributed by atoms with Crippen molar-refractivity contribution < 1.29 is 13.2 Å². The van der Waals surface area contributed by atoms with Crippen LogP contribution in [0.5, 0.6) is 0 Å². The summed E-state index contributed by atoms with van der Waals surface area (Å²) in [7, 11) is 0. The monoisotopic (exact) mass is 343 g/mol. The third-order valence-corrected chi connectivity index (χ3v) is 5.46. The average molecular weight is 343 g/mol. The van der Waals surface area contributed by atoms with Crippen LogP contribution in [-0.4, -0.2) is 59.8 Å². The minimum Gasteiger partial charge on any atom is -0.314 e. The molecule has 1 aliphatic heterocycles. The lowest BCUT2D eigenvalue weighted by molar-refractivity contribution is -0.256. The van der Waals surface area contributed by atoms with Crippen molar-refractivity contribution in [1.82, 2.24) is 14.4 Å². The SMILES string of the molecule is O=c1ccccn1CCN1CCN(CC2(C(F)(F)F)CCC2)CC1. The van der Waals surface area contributed by atoms with Gasteiger partial charge in [0, 0.05) is 58.1 Å². The Bertz CT molecular complexity index is 602. The molecule has 0 spiro atoms. The van der Waals surface area contributed by atoms with Crippen LogP contribution in [0, 0.1) is 5.41 Å². The molecule has 0 aromatic carbocycles. The van der Waals surface area contributed by atoms with Crippen molar-refractivity contribution in [2.75, 3.05) is 39.3 Å². The zero-order valence-corrected chi connectivity index (χ0v) is 13.8. The van der Waals surface area contributed by atoms with Gasteiger partial charge in [-0.2, -0.15) is 13.2 Å². The quantitative estimate of drug-likeness (QED) is 0.821. The molecule has 0 N–H and O–H groups in total. The summed E-state index contributed by atoms with van der Waals surface area (Å²) in [5, 5.41) is 0. The lowest BCUT2D eigenvalue weighted by Crippen LogP contribution is -2.56. The Morgan fingerprint density at radius 3 is 2.21 bits per heavy atom. The number of hydrogen-bond acceptors (Lipinski definition) is 3. The first-order valence-electron chi connectivity index (χ1n) is 8.57. The highest BCUT2D eigenvalue weighted by Gasteiger charge is 2.58. The zero-order chi connectivity index (χ0) is 17.2. The molecule has 1 saturated heterocycles.